The van der Waals surface area contributed by atoms with E-state index >= 15 is 0 Å². The molecule has 6 nitrogen and oxygen atoms in total. The minimum absolute atomic E-state index is 0.158. The van der Waals surface area contributed by atoms with Gasteiger partial charge < -0.3 is 9.73 Å². The van der Waals surface area contributed by atoms with Gasteiger partial charge in [-0.2, -0.15) is 4.31 Å². The molecule has 0 spiro atoms. The first-order chi connectivity index (χ1) is 13.9. The Hall–Kier alpha value is -2.90. The number of rotatable bonds is 5. The molecule has 1 aromatic heterocycles. The highest BCUT2D eigenvalue weighted by Gasteiger charge is 2.39. The van der Waals surface area contributed by atoms with Crippen molar-refractivity contribution in [2.75, 3.05) is 0 Å². The van der Waals surface area contributed by atoms with E-state index in [0.29, 0.717) is 12.2 Å². The molecule has 150 valence electrons. The van der Waals surface area contributed by atoms with Crippen molar-refractivity contribution in [3.8, 4) is 0 Å². The Bertz CT molecular complexity index is 1120. The molecule has 2 heterocycles. The molecule has 7 heteroatoms. The average Bonchev–Trinajstić information content (AvgIpc) is 3.16. The summed E-state index contributed by atoms with van der Waals surface area (Å²) < 4.78 is 33.4. The molecule has 0 fully saturated rings. The largest absolute Gasteiger partial charge is 0.465 e. The number of fused-ring (bicyclic) bond motifs is 1. The molecule has 1 aliphatic heterocycles. The molecule has 1 N–H and O–H groups in total. The molecular formula is C22H22N2O4S. The molecule has 0 aliphatic carbocycles. The van der Waals surface area contributed by atoms with Crippen LogP contribution in [-0.4, -0.2) is 24.7 Å². The van der Waals surface area contributed by atoms with Crippen LogP contribution in [-0.2, 0) is 34.3 Å². The SMILES string of the molecule is Cc1ccc(CNC(=O)C2Cc3ccccc3CN2S(=O)(=O)c2ccccc2)o1. The molecular weight excluding hydrogens is 388 g/mol. The molecule has 1 atom stereocenters. The molecule has 0 bridgehead atoms. The Labute approximate surface area is 170 Å². The van der Waals surface area contributed by atoms with Gasteiger partial charge in [0.05, 0.1) is 11.4 Å². The summed E-state index contributed by atoms with van der Waals surface area (Å²) in [6, 6.07) is 18.7. The second-order valence-corrected chi connectivity index (χ2v) is 8.97. The third kappa shape index (κ3) is 3.97. The highest BCUT2D eigenvalue weighted by molar-refractivity contribution is 7.89. The fraction of sp³-hybridized carbons (Fsp3) is 0.227. The van der Waals surface area contributed by atoms with Crippen LogP contribution in [0.5, 0.6) is 0 Å². The second kappa shape index (κ2) is 7.85. The van der Waals surface area contributed by atoms with E-state index in [0.717, 1.165) is 16.9 Å². The zero-order chi connectivity index (χ0) is 20.4. The molecule has 0 saturated carbocycles. The Balaban J connectivity index is 1.64. The topological polar surface area (TPSA) is 79.6 Å². The third-order valence-corrected chi connectivity index (χ3v) is 6.96. The zero-order valence-electron chi connectivity index (χ0n) is 16.0. The van der Waals surface area contributed by atoms with Crippen LogP contribution in [0.25, 0.3) is 0 Å². The predicted molar refractivity (Wildman–Crippen MR) is 108 cm³/mol. The lowest BCUT2D eigenvalue weighted by atomic mass is 9.95. The standard InChI is InChI=1S/C22H22N2O4S/c1-16-11-12-19(28-16)14-23-22(25)21-13-17-7-5-6-8-18(17)15-24(21)29(26,27)20-9-3-2-4-10-20/h2-12,21H,13-15H2,1H3,(H,23,25). The van der Waals surface area contributed by atoms with E-state index in [2.05, 4.69) is 5.32 Å². The lowest BCUT2D eigenvalue weighted by molar-refractivity contribution is -0.125. The van der Waals surface area contributed by atoms with Gasteiger partial charge in [0.1, 0.15) is 17.6 Å². The molecule has 1 unspecified atom stereocenters. The van der Waals surface area contributed by atoms with Gasteiger partial charge in [0.2, 0.25) is 15.9 Å². The first kappa shape index (κ1) is 19.4. The van der Waals surface area contributed by atoms with Crippen LogP contribution in [0.2, 0.25) is 0 Å². The number of furan rings is 1. The van der Waals surface area contributed by atoms with Crippen molar-refractivity contribution in [3.63, 3.8) is 0 Å². The second-order valence-electron chi connectivity index (χ2n) is 7.08. The van der Waals surface area contributed by atoms with E-state index in [-0.39, 0.29) is 23.9 Å². The first-order valence-electron chi connectivity index (χ1n) is 9.42. The van der Waals surface area contributed by atoms with Gasteiger partial charge >= 0.3 is 0 Å². The van der Waals surface area contributed by atoms with Crippen LogP contribution < -0.4 is 5.32 Å². The number of carbonyl (C=O) groups is 1. The Morgan fingerprint density at radius 1 is 1.03 bits per heavy atom. The van der Waals surface area contributed by atoms with Crippen molar-refractivity contribution in [2.45, 2.75) is 37.4 Å². The maximum atomic E-state index is 13.3. The van der Waals surface area contributed by atoms with Gasteiger partial charge in [0, 0.05) is 6.54 Å². The van der Waals surface area contributed by atoms with E-state index < -0.39 is 16.1 Å². The number of sulfonamides is 1. The zero-order valence-corrected chi connectivity index (χ0v) is 16.9. The average molecular weight is 410 g/mol. The maximum absolute atomic E-state index is 13.3. The fourth-order valence-corrected chi connectivity index (χ4v) is 5.16. The normalized spacial score (nSPS) is 16.9. The predicted octanol–water partition coefficient (Wildman–Crippen LogP) is 3.02. The number of nitrogens with one attached hydrogen (secondary N) is 1. The maximum Gasteiger partial charge on any atom is 0.244 e. The van der Waals surface area contributed by atoms with Crippen LogP contribution in [0, 0.1) is 6.92 Å². The van der Waals surface area contributed by atoms with Crippen molar-refractivity contribution < 1.29 is 17.6 Å². The van der Waals surface area contributed by atoms with Gasteiger partial charge in [-0.15, -0.1) is 0 Å². The van der Waals surface area contributed by atoms with Crippen LogP contribution in [0.1, 0.15) is 22.6 Å². The van der Waals surface area contributed by atoms with Gasteiger partial charge in [-0.1, -0.05) is 42.5 Å². The summed E-state index contributed by atoms with van der Waals surface area (Å²) in [5, 5.41) is 2.83. The van der Waals surface area contributed by atoms with Crippen molar-refractivity contribution in [2.24, 2.45) is 0 Å². The highest BCUT2D eigenvalue weighted by Crippen LogP contribution is 2.29. The van der Waals surface area contributed by atoms with Gasteiger partial charge in [0.15, 0.2) is 0 Å². The summed E-state index contributed by atoms with van der Waals surface area (Å²) in [6.45, 7) is 2.20. The van der Waals surface area contributed by atoms with Gasteiger partial charge in [-0.25, -0.2) is 8.42 Å². The number of carbonyl (C=O) groups excluding carboxylic acids is 1. The van der Waals surface area contributed by atoms with Crippen molar-refractivity contribution >= 4 is 15.9 Å². The van der Waals surface area contributed by atoms with Crippen LogP contribution in [0.15, 0.2) is 76.0 Å². The number of hydrogen-bond acceptors (Lipinski definition) is 4. The fourth-order valence-electron chi connectivity index (χ4n) is 3.58. The summed E-state index contributed by atoms with van der Waals surface area (Å²) in [6.07, 6.45) is 0.325. The Kier molecular flexibility index (Phi) is 5.25. The quantitative estimate of drug-likeness (QED) is 0.701. The van der Waals surface area contributed by atoms with E-state index in [1.165, 1.54) is 4.31 Å². The molecule has 1 amide bonds. The number of hydrogen-bond donors (Lipinski definition) is 1. The van der Waals surface area contributed by atoms with Crippen molar-refractivity contribution in [1.29, 1.82) is 0 Å². The van der Waals surface area contributed by atoms with Gasteiger partial charge in [-0.05, 0) is 48.7 Å². The van der Waals surface area contributed by atoms with Crippen molar-refractivity contribution in [3.05, 3.63) is 89.4 Å². The van der Waals surface area contributed by atoms with Gasteiger partial charge in [-0.3, -0.25) is 4.79 Å². The van der Waals surface area contributed by atoms with E-state index in [9.17, 15) is 13.2 Å². The Morgan fingerprint density at radius 3 is 2.41 bits per heavy atom. The van der Waals surface area contributed by atoms with Crippen molar-refractivity contribution in [1.82, 2.24) is 9.62 Å². The molecule has 3 aromatic rings. The lowest BCUT2D eigenvalue weighted by Gasteiger charge is -2.35. The summed E-state index contributed by atoms with van der Waals surface area (Å²) in [5.41, 5.74) is 1.90. The monoisotopic (exact) mass is 410 g/mol. The number of aryl methyl sites for hydroxylation is 1. The first-order valence-corrected chi connectivity index (χ1v) is 10.9. The molecule has 4 rings (SSSR count). The molecule has 1 aliphatic rings. The van der Waals surface area contributed by atoms with Crippen LogP contribution >= 0.6 is 0 Å². The summed E-state index contributed by atoms with van der Waals surface area (Å²) in [5.74, 6) is 1.05. The Morgan fingerprint density at radius 2 is 1.72 bits per heavy atom. The third-order valence-electron chi connectivity index (χ3n) is 5.09. The number of benzene rings is 2. The van der Waals surface area contributed by atoms with Gasteiger partial charge in [0.25, 0.3) is 0 Å². The van der Waals surface area contributed by atoms with E-state index in [1.807, 2.05) is 37.3 Å². The van der Waals surface area contributed by atoms with Crippen LogP contribution in [0.4, 0.5) is 0 Å². The van der Waals surface area contributed by atoms with E-state index in [1.54, 1.807) is 36.4 Å². The number of nitrogens with zero attached hydrogens (tertiary/aromatic N) is 1. The highest BCUT2D eigenvalue weighted by atomic mass is 32.2. The van der Waals surface area contributed by atoms with Crippen LogP contribution in [0.3, 0.4) is 0 Å². The summed E-state index contributed by atoms with van der Waals surface area (Å²) in [7, 11) is -3.83. The molecule has 2 aromatic carbocycles. The van der Waals surface area contributed by atoms with E-state index in [4.69, 9.17) is 4.42 Å². The lowest BCUT2D eigenvalue weighted by Crippen LogP contribution is -2.52. The molecule has 0 saturated heterocycles. The minimum Gasteiger partial charge on any atom is -0.465 e. The minimum atomic E-state index is -3.83. The summed E-state index contributed by atoms with van der Waals surface area (Å²) in [4.78, 5) is 13.2. The molecule has 29 heavy (non-hydrogen) atoms. The smallest absolute Gasteiger partial charge is 0.244 e. The molecule has 0 radical (unpaired) electrons. The summed E-state index contributed by atoms with van der Waals surface area (Å²) >= 11 is 0. The number of amides is 1.